The lowest BCUT2D eigenvalue weighted by molar-refractivity contribution is 0.354. The van der Waals surface area contributed by atoms with Crippen molar-refractivity contribution in [2.45, 2.75) is 9.79 Å². The van der Waals surface area contributed by atoms with E-state index in [1.54, 1.807) is 26.0 Å². The topological polar surface area (TPSA) is 55.7 Å². The van der Waals surface area contributed by atoms with E-state index in [1.807, 2.05) is 78.3 Å². The number of hydrogen-bond acceptors (Lipinski definition) is 7. The van der Waals surface area contributed by atoms with Crippen LogP contribution < -0.4 is 14.9 Å². The fourth-order valence-corrected chi connectivity index (χ4v) is 4.52. The lowest BCUT2D eigenvalue weighted by Crippen LogP contribution is -1.93. The number of ether oxygens (including phenoxy) is 2. The van der Waals surface area contributed by atoms with Gasteiger partial charge in [0.1, 0.15) is 0 Å². The van der Waals surface area contributed by atoms with Crippen LogP contribution in [0, 0.1) is 0 Å². The summed E-state index contributed by atoms with van der Waals surface area (Å²) < 4.78 is 10.7. The molecular weight excluding hydrogens is 426 g/mol. The molecule has 0 unspecified atom stereocenters. The van der Waals surface area contributed by atoms with Gasteiger partial charge in [0, 0.05) is 26.3 Å². The van der Waals surface area contributed by atoms with Crippen LogP contribution in [0.1, 0.15) is 5.56 Å². The van der Waals surface area contributed by atoms with Crippen molar-refractivity contribution in [2.75, 3.05) is 19.6 Å². The van der Waals surface area contributed by atoms with Gasteiger partial charge in [-0.1, -0.05) is 60.3 Å². The number of methoxy groups -OCH3 is 2. The van der Waals surface area contributed by atoms with Gasteiger partial charge in [0.05, 0.1) is 26.1 Å². The molecule has 1 aromatic heterocycles. The van der Waals surface area contributed by atoms with Gasteiger partial charge in [-0.3, -0.25) is 5.43 Å². The number of nitrogens with one attached hydrogen (secondary N) is 1. The molecule has 0 saturated heterocycles. The maximum atomic E-state index is 5.41. The zero-order valence-electron chi connectivity index (χ0n) is 17.1. The Balaban J connectivity index is 1.47. The minimum Gasteiger partial charge on any atom is -0.493 e. The van der Waals surface area contributed by atoms with Crippen molar-refractivity contribution >= 4 is 34.4 Å². The Hall–Kier alpha value is -3.29. The molecule has 0 aliphatic rings. The van der Waals surface area contributed by atoms with E-state index in [4.69, 9.17) is 9.47 Å². The standard InChI is InChI=1S/C24H21N3O2S2/c1-28-21-13-12-19(14-22(21)29-2)31-23-11-7-6-10-18(23)15-25-27-24-26-20(16-30-24)17-8-4-3-5-9-17/h3-16H,1-2H3,(H,26,27). The van der Waals surface area contributed by atoms with Crippen molar-refractivity contribution in [3.8, 4) is 22.8 Å². The van der Waals surface area contributed by atoms with Crippen LogP contribution >= 0.6 is 23.1 Å². The summed E-state index contributed by atoms with van der Waals surface area (Å²) in [4.78, 5) is 6.74. The highest BCUT2D eigenvalue weighted by Crippen LogP contribution is 2.36. The second kappa shape index (κ2) is 10.1. The van der Waals surface area contributed by atoms with E-state index in [-0.39, 0.29) is 0 Å². The zero-order valence-corrected chi connectivity index (χ0v) is 18.7. The Morgan fingerprint density at radius 2 is 1.71 bits per heavy atom. The van der Waals surface area contributed by atoms with Gasteiger partial charge in [0.15, 0.2) is 11.5 Å². The first-order valence-corrected chi connectivity index (χ1v) is 11.3. The maximum absolute atomic E-state index is 5.41. The molecule has 0 atom stereocenters. The number of rotatable bonds is 8. The van der Waals surface area contributed by atoms with Crippen LogP contribution in [0.3, 0.4) is 0 Å². The summed E-state index contributed by atoms with van der Waals surface area (Å²) in [6.45, 7) is 0. The Bertz CT molecular complexity index is 1180. The van der Waals surface area contributed by atoms with Gasteiger partial charge in [0.2, 0.25) is 5.13 Å². The third-order valence-electron chi connectivity index (χ3n) is 4.44. The van der Waals surface area contributed by atoms with E-state index in [0.29, 0.717) is 11.5 Å². The normalized spacial score (nSPS) is 10.9. The molecule has 1 heterocycles. The summed E-state index contributed by atoms with van der Waals surface area (Å²) in [5, 5.41) is 7.17. The van der Waals surface area contributed by atoms with Gasteiger partial charge in [-0.15, -0.1) is 11.3 Å². The van der Waals surface area contributed by atoms with Crippen molar-refractivity contribution in [3.05, 3.63) is 83.7 Å². The van der Waals surface area contributed by atoms with Crippen LogP contribution in [0.2, 0.25) is 0 Å². The number of hydrogen-bond donors (Lipinski definition) is 1. The van der Waals surface area contributed by atoms with Gasteiger partial charge in [-0.2, -0.15) is 5.10 Å². The number of hydrazone groups is 1. The molecule has 7 heteroatoms. The van der Waals surface area contributed by atoms with E-state index < -0.39 is 0 Å². The minimum atomic E-state index is 0.707. The second-order valence-electron chi connectivity index (χ2n) is 6.43. The average Bonchev–Trinajstić information content (AvgIpc) is 3.29. The maximum Gasteiger partial charge on any atom is 0.203 e. The second-order valence-corrected chi connectivity index (χ2v) is 8.40. The molecule has 0 saturated carbocycles. The van der Waals surface area contributed by atoms with E-state index >= 15 is 0 Å². The van der Waals surface area contributed by atoms with Crippen molar-refractivity contribution < 1.29 is 9.47 Å². The van der Waals surface area contributed by atoms with Gasteiger partial charge >= 0.3 is 0 Å². The van der Waals surface area contributed by atoms with Crippen LogP contribution in [0.4, 0.5) is 5.13 Å². The first kappa shape index (κ1) is 21.0. The van der Waals surface area contributed by atoms with Crippen LogP contribution in [0.15, 0.2) is 93.1 Å². The molecule has 3 aromatic carbocycles. The SMILES string of the molecule is COc1ccc(Sc2ccccc2C=NNc2nc(-c3ccccc3)cs2)cc1OC. The molecule has 0 aliphatic carbocycles. The third-order valence-corrected chi connectivity index (χ3v) is 6.27. The van der Waals surface area contributed by atoms with Gasteiger partial charge in [0.25, 0.3) is 0 Å². The summed E-state index contributed by atoms with van der Waals surface area (Å²) in [7, 11) is 3.27. The molecule has 1 N–H and O–H groups in total. The van der Waals surface area contributed by atoms with Crippen molar-refractivity contribution in [1.82, 2.24) is 4.98 Å². The molecule has 0 spiro atoms. The summed E-state index contributed by atoms with van der Waals surface area (Å²) in [5.74, 6) is 1.42. The van der Waals surface area contributed by atoms with Crippen LogP contribution in [0.25, 0.3) is 11.3 Å². The van der Waals surface area contributed by atoms with Crippen molar-refractivity contribution in [3.63, 3.8) is 0 Å². The quantitative estimate of drug-likeness (QED) is 0.249. The number of aromatic nitrogens is 1. The molecule has 4 aromatic rings. The molecule has 0 radical (unpaired) electrons. The number of thiazole rings is 1. The lowest BCUT2D eigenvalue weighted by Gasteiger charge is -2.10. The van der Waals surface area contributed by atoms with Crippen molar-refractivity contribution in [1.29, 1.82) is 0 Å². The molecule has 0 bridgehead atoms. The summed E-state index contributed by atoms with van der Waals surface area (Å²) in [6, 6.07) is 24.1. The van der Waals surface area contributed by atoms with Crippen molar-refractivity contribution in [2.24, 2.45) is 5.10 Å². The summed E-state index contributed by atoms with van der Waals surface area (Å²) in [6.07, 6.45) is 1.81. The highest BCUT2D eigenvalue weighted by atomic mass is 32.2. The fourth-order valence-electron chi connectivity index (χ4n) is 2.91. The zero-order chi connectivity index (χ0) is 21.5. The molecule has 0 fully saturated rings. The Morgan fingerprint density at radius 3 is 2.52 bits per heavy atom. The predicted octanol–water partition coefficient (Wildman–Crippen LogP) is 6.42. The van der Waals surface area contributed by atoms with Crippen LogP contribution in [-0.2, 0) is 0 Å². The Kier molecular flexibility index (Phi) is 6.86. The molecule has 5 nitrogen and oxygen atoms in total. The van der Waals surface area contributed by atoms with E-state index in [2.05, 4.69) is 21.6 Å². The first-order chi connectivity index (χ1) is 15.3. The molecule has 31 heavy (non-hydrogen) atoms. The number of nitrogens with zero attached hydrogens (tertiary/aromatic N) is 2. The van der Waals surface area contributed by atoms with E-state index in [0.717, 1.165) is 31.7 Å². The van der Waals surface area contributed by atoms with E-state index in [1.165, 1.54) is 11.3 Å². The van der Waals surface area contributed by atoms with Gasteiger partial charge in [-0.25, -0.2) is 4.98 Å². The summed E-state index contributed by atoms with van der Waals surface area (Å²) >= 11 is 3.17. The fraction of sp³-hybridized carbons (Fsp3) is 0.0833. The predicted molar refractivity (Wildman–Crippen MR) is 129 cm³/mol. The van der Waals surface area contributed by atoms with Crippen LogP contribution in [-0.4, -0.2) is 25.4 Å². The van der Waals surface area contributed by atoms with Gasteiger partial charge in [-0.05, 0) is 24.3 Å². The largest absolute Gasteiger partial charge is 0.493 e. The minimum absolute atomic E-state index is 0.707. The molecule has 4 rings (SSSR count). The van der Waals surface area contributed by atoms with Gasteiger partial charge < -0.3 is 9.47 Å². The summed E-state index contributed by atoms with van der Waals surface area (Å²) in [5.41, 5.74) is 6.08. The highest BCUT2D eigenvalue weighted by molar-refractivity contribution is 7.99. The third kappa shape index (κ3) is 5.25. The molecule has 156 valence electrons. The number of benzene rings is 3. The molecule has 0 amide bonds. The highest BCUT2D eigenvalue weighted by Gasteiger charge is 2.08. The molecular formula is C24H21N3O2S2. The van der Waals surface area contributed by atoms with Crippen LogP contribution in [0.5, 0.6) is 11.5 Å². The smallest absolute Gasteiger partial charge is 0.203 e. The Morgan fingerprint density at radius 1 is 0.935 bits per heavy atom. The lowest BCUT2D eigenvalue weighted by atomic mass is 10.2. The van der Waals surface area contributed by atoms with E-state index in [9.17, 15) is 0 Å². The first-order valence-electron chi connectivity index (χ1n) is 9.56. The number of anilines is 1. The average molecular weight is 448 g/mol. The monoisotopic (exact) mass is 447 g/mol. The molecule has 0 aliphatic heterocycles. The Labute approximate surface area is 189 Å².